The normalized spacial score (nSPS) is 6.75. The fourth-order valence-corrected chi connectivity index (χ4v) is 0. The lowest BCUT2D eigenvalue weighted by Crippen LogP contribution is -1.99. The molecule has 8 heavy (non-hydrogen) atoms. The third kappa shape index (κ3) is 2760. The predicted molar refractivity (Wildman–Crippen MR) is 42.5 cm³/mol. The Labute approximate surface area is 59.5 Å². The molecule has 0 spiro atoms. The summed E-state index contributed by atoms with van der Waals surface area (Å²) in [5.74, 6) is 0. The molecule has 0 aromatic rings. The van der Waals surface area contributed by atoms with Gasteiger partial charge in [0, 0.05) is 0 Å². The maximum atomic E-state index is 3.49. The van der Waals surface area contributed by atoms with Crippen LogP contribution >= 0.6 is 12.4 Å². The summed E-state index contributed by atoms with van der Waals surface area (Å²) in [7, 11) is 6.00. The summed E-state index contributed by atoms with van der Waals surface area (Å²) < 4.78 is 0. The van der Waals surface area contributed by atoms with Crippen LogP contribution in [0.5, 0.6) is 0 Å². The second-order valence-electron chi connectivity index (χ2n) is 1.84. The van der Waals surface area contributed by atoms with E-state index in [0.29, 0.717) is 0 Å². The zero-order valence-corrected chi connectivity index (χ0v) is 7.09. The molecule has 0 saturated heterocycles. The van der Waals surface area contributed by atoms with Gasteiger partial charge in [0.05, 0.1) is 0 Å². The number of hydrogen-bond donors (Lipinski definition) is 0. The summed E-state index contributed by atoms with van der Waals surface area (Å²) in [4.78, 5) is 2.00. The van der Waals surface area contributed by atoms with Crippen LogP contribution in [-0.2, 0) is 0 Å². The Morgan fingerprint density at radius 1 is 1.25 bits per heavy atom. The van der Waals surface area contributed by atoms with Gasteiger partial charge in [0.15, 0.2) is 0 Å². The van der Waals surface area contributed by atoms with E-state index in [1.807, 2.05) is 33.0 Å². The molecule has 0 heterocycles. The van der Waals surface area contributed by atoms with Crippen molar-refractivity contribution < 1.29 is 0 Å². The van der Waals surface area contributed by atoms with Crippen LogP contribution in [0.3, 0.4) is 0 Å². The van der Waals surface area contributed by atoms with Crippen molar-refractivity contribution in [2.24, 2.45) is 0 Å². The van der Waals surface area contributed by atoms with E-state index in [0.717, 1.165) is 6.42 Å². The van der Waals surface area contributed by atoms with E-state index in [1.165, 1.54) is 0 Å². The van der Waals surface area contributed by atoms with Crippen LogP contribution in [0, 0.1) is 6.92 Å². The number of halogens is 1. The molecular formula is C6H17ClN. The Bertz CT molecular complexity index is 19.7. The largest absolute Gasteiger partial charge is 0.312 e. The third-order valence-electron chi connectivity index (χ3n) is 0. The molecule has 53 valence electrons. The maximum Gasteiger partial charge on any atom is -0.0140 e. The highest BCUT2D eigenvalue weighted by Gasteiger charge is 1.58. The maximum absolute atomic E-state index is 3.49. The fourth-order valence-electron chi connectivity index (χ4n) is 0. The fraction of sp³-hybridized carbons (Fsp3) is 0.833. The molecule has 1 nitrogen and oxygen atoms in total. The molecule has 0 aromatic carbocycles. The smallest absolute Gasteiger partial charge is 0.0140 e. The highest BCUT2D eigenvalue weighted by Crippen LogP contribution is 1.54. The van der Waals surface area contributed by atoms with Crippen molar-refractivity contribution in [3.8, 4) is 0 Å². The van der Waals surface area contributed by atoms with E-state index in [9.17, 15) is 0 Å². The molecule has 0 aliphatic rings. The SMILES string of the molecule is CN(C)C.Cl.[CH2]CC. The molecule has 0 fully saturated rings. The van der Waals surface area contributed by atoms with Crippen molar-refractivity contribution in [3.63, 3.8) is 0 Å². The molecule has 0 aliphatic heterocycles. The van der Waals surface area contributed by atoms with E-state index in [-0.39, 0.29) is 12.4 Å². The highest BCUT2D eigenvalue weighted by molar-refractivity contribution is 5.85. The van der Waals surface area contributed by atoms with E-state index >= 15 is 0 Å². The lowest BCUT2D eigenvalue weighted by atomic mass is 10.6. The van der Waals surface area contributed by atoms with Crippen LogP contribution in [0.25, 0.3) is 0 Å². The van der Waals surface area contributed by atoms with E-state index in [2.05, 4.69) is 6.92 Å². The Hall–Kier alpha value is 0.250. The number of hydrogen-bond acceptors (Lipinski definition) is 1. The van der Waals surface area contributed by atoms with Gasteiger partial charge in [-0.2, -0.15) is 0 Å². The lowest BCUT2D eigenvalue weighted by Gasteiger charge is -1.90. The van der Waals surface area contributed by atoms with Crippen molar-refractivity contribution >= 4 is 12.4 Å². The minimum absolute atomic E-state index is 0. The third-order valence-corrected chi connectivity index (χ3v) is 0. The molecular weight excluding hydrogens is 122 g/mol. The van der Waals surface area contributed by atoms with Gasteiger partial charge in [0.1, 0.15) is 0 Å². The van der Waals surface area contributed by atoms with Gasteiger partial charge in [-0.1, -0.05) is 20.3 Å². The van der Waals surface area contributed by atoms with Gasteiger partial charge in [-0.05, 0) is 21.1 Å². The first-order valence-corrected chi connectivity index (χ1v) is 2.55. The van der Waals surface area contributed by atoms with Crippen LogP contribution < -0.4 is 0 Å². The van der Waals surface area contributed by atoms with Crippen molar-refractivity contribution in [1.29, 1.82) is 0 Å². The van der Waals surface area contributed by atoms with Gasteiger partial charge in [0.2, 0.25) is 0 Å². The number of nitrogens with zero attached hydrogens (tertiary/aromatic N) is 1. The minimum Gasteiger partial charge on any atom is -0.312 e. The summed E-state index contributed by atoms with van der Waals surface area (Å²) in [6.07, 6.45) is 1.00. The van der Waals surface area contributed by atoms with Crippen molar-refractivity contribution in [1.82, 2.24) is 4.90 Å². The molecule has 0 atom stereocenters. The average molecular weight is 139 g/mol. The van der Waals surface area contributed by atoms with Crippen LogP contribution in [0.15, 0.2) is 0 Å². The second-order valence-corrected chi connectivity index (χ2v) is 1.84. The molecule has 0 N–H and O–H groups in total. The van der Waals surface area contributed by atoms with Crippen LogP contribution in [-0.4, -0.2) is 26.0 Å². The van der Waals surface area contributed by atoms with Crippen molar-refractivity contribution in [2.45, 2.75) is 13.3 Å². The molecule has 2 heteroatoms. The first-order chi connectivity index (χ1) is 3.15. The second kappa shape index (κ2) is 15.7. The van der Waals surface area contributed by atoms with E-state index in [1.54, 1.807) is 0 Å². The zero-order valence-electron chi connectivity index (χ0n) is 6.27. The monoisotopic (exact) mass is 138 g/mol. The molecule has 0 rings (SSSR count). The minimum atomic E-state index is 0. The van der Waals surface area contributed by atoms with Crippen molar-refractivity contribution in [2.75, 3.05) is 21.1 Å². The summed E-state index contributed by atoms with van der Waals surface area (Å²) in [5.41, 5.74) is 0. The van der Waals surface area contributed by atoms with Gasteiger partial charge in [-0.3, -0.25) is 0 Å². The lowest BCUT2D eigenvalue weighted by molar-refractivity contribution is 0.505. The standard InChI is InChI=1S/C3H9N.C3H7.ClH/c1-4(2)3;1-3-2;/h1-3H3;1,3H2,2H3;1H. The van der Waals surface area contributed by atoms with Crippen molar-refractivity contribution in [3.05, 3.63) is 6.92 Å². The van der Waals surface area contributed by atoms with E-state index in [4.69, 9.17) is 0 Å². The number of rotatable bonds is 0. The van der Waals surface area contributed by atoms with Crippen LogP contribution in [0.4, 0.5) is 0 Å². The van der Waals surface area contributed by atoms with Gasteiger partial charge in [-0.15, -0.1) is 12.4 Å². The first-order valence-electron chi connectivity index (χ1n) is 2.55. The summed E-state index contributed by atoms with van der Waals surface area (Å²) >= 11 is 0. The molecule has 0 bridgehead atoms. The van der Waals surface area contributed by atoms with E-state index < -0.39 is 0 Å². The molecule has 0 saturated carbocycles. The van der Waals surface area contributed by atoms with Crippen LogP contribution in [0.1, 0.15) is 13.3 Å². The molecule has 0 aromatic heterocycles. The Balaban J connectivity index is -0.0000000575. The Morgan fingerprint density at radius 3 is 1.25 bits per heavy atom. The van der Waals surface area contributed by atoms with Crippen LogP contribution in [0.2, 0.25) is 0 Å². The zero-order chi connectivity index (χ0) is 6.28. The Kier molecular flexibility index (Phi) is 30.8. The first kappa shape index (κ1) is 15.7. The molecule has 0 amide bonds. The average Bonchev–Trinajstić information content (AvgIpc) is 1.33. The van der Waals surface area contributed by atoms with Gasteiger partial charge >= 0.3 is 0 Å². The molecule has 0 unspecified atom stereocenters. The topological polar surface area (TPSA) is 3.24 Å². The Morgan fingerprint density at radius 2 is 1.25 bits per heavy atom. The summed E-state index contributed by atoms with van der Waals surface area (Å²) in [6, 6.07) is 0. The predicted octanol–water partition coefficient (Wildman–Crippen LogP) is 1.83. The van der Waals surface area contributed by atoms with Gasteiger partial charge in [-0.25, -0.2) is 0 Å². The quantitative estimate of drug-likeness (QED) is 0.494. The highest BCUT2D eigenvalue weighted by atomic mass is 35.5. The molecule has 1 radical (unpaired) electrons. The summed E-state index contributed by atoms with van der Waals surface area (Å²) in [6.45, 7) is 5.50. The van der Waals surface area contributed by atoms with Gasteiger partial charge in [0.25, 0.3) is 0 Å². The molecule has 0 aliphatic carbocycles. The summed E-state index contributed by atoms with van der Waals surface area (Å²) in [5, 5.41) is 0. The van der Waals surface area contributed by atoms with Gasteiger partial charge < -0.3 is 4.90 Å².